The molecule has 4 heteroatoms. The van der Waals surface area contributed by atoms with Gasteiger partial charge in [0.1, 0.15) is 5.75 Å². The third kappa shape index (κ3) is 4.47. The predicted molar refractivity (Wildman–Crippen MR) is 85.2 cm³/mol. The summed E-state index contributed by atoms with van der Waals surface area (Å²) in [4.78, 5) is 0. The highest BCUT2D eigenvalue weighted by atomic mass is 79.9. The predicted octanol–water partition coefficient (Wildman–Crippen LogP) is 0.501. The van der Waals surface area contributed by atoms with Crippen molar-refractivity contribution < 1.29 is 26.2 Å². The Morgan fingerprint density at radius 1 is 1.18 bits per heavy atom. The number of piperidine rings is 1. The number of halogens is 1. The Morgan fingerprint density at radius 3 is 2.27 bits per heavy atom. The molecule has 1 fully saturated rings. The maximum atomic E-state index is 9.72. The molecular formula is C18H27BrN2O. The van der Waals surface area contributed by atoms with Crippen molar-refractivity contribution in [3.8, 4) is 11.8 Å². The van der Waals surface area contributed by atoms with Gasteiger partial charge in [-0.05, 0) is 24.1 Å². The molecule has 1 aromatic carbocycles. The minimum absolute atomic E-state index is 0. The Balaban J connectivity index is 0.00000242. The van der Waals surface area contributed by atoms with Crippen LogP contribution in [-0.2, 0) is 5.41 Å². The lowest BCUT2D eigenvalue weighted by atomic mass is 9.73. The van der Waals surface area contributed by atoms with Crippen LogP contribution >= 0.6 is 0 Å². The first-order chi connectivity index (χ1) is 10.0. The van der Waals surface area contributed by atoms with Gasteiger partial charge in [-0.2, -0.15) is 5.26 Å². The van der Waals surface area contributed by atoms with Crippen LogP contribution in [0.2, 0.25) is 0 Å². The van der Waals surface area contributed by atoms with Gasteiger partial charge in [-0.25, -0.2) is 0 Å². The van der Waals surface area contributed by atoms with Crippen molar-refractivity contribution in [1.82, 2.24) is 0 Å². The van der Waals surface area contributed by atoms with Gasteiger partial charge < -0.3 is 26.2 Å². The fraction of sp³-hybridized carbons (Fsp3) is 0.611. The van der Waals surface area contributed by atoms with Gasteiger partial charge in [0.2, 0.25) is 0 Å². The molecule has 0 aromatic heterocycles. The van der Waals surface area contributed by atoms with Crippen LogP contribution in [0, 0.1) is 11.3 Å². The minimum atomic E-state index is -0.310. The summed E-state index contributed by atoms with van der Waals surface area (Å²) in [6.45, 7) is 5.04. The highest BCUT2D eigenvalue weighted by molar-refractivity contribution is 5.37. The number of hydrogen-bond acceptors (Lipinski definition) is 2. The average molecular weight is 367 g/mol. The molecule has 0 radical (unpaired) electrons. The third-order valence-corrected chi connectivity index (χ3v) is 4.68. The summed E-state index contributed by atoms with van der Waals surface area (Å²) in [6, 6.07) is 10.8. The van der Waals surface area contributed by atoms with Gasteiger partial charge in [-0.1, -0.05) is 25.5 Å². The number of quaternary nitrogens is 1. The number of likely N-dealkylation sites (tertiary alicyclic amines) is 1. The highest BCUT2D eigenvalue weighted by Gasteiger charge is 2.40. The molecule has 1 heterocycles. The Hall–Kier alpha value is -1.05. The van der Waals surface area contributed by atoms with Gasteiger partial charge in [-0.3, -0.25) is 0 Å². The molecule has 0 N–H and O–H groups in total. The van der Waals surface area contributed by atoms with E-state index in [2.05, 4.69) is 39.2 Å². The summed E-state index contributed by atoms with van der Waals surface area (Å²) in [5.74, 6) is 0.909. The molecule has 0 atom stereocenters. The number of rotatable bonds is 5. The van der Waals surface area contributed by atoms with Crippen molar-refractivity contribution in [2.75, 3.05) is 33.8 Å². The van der Waals surface area contributed by atoms with Crippen molar-refractivity contribution in [3.05, 3.63) is 29.8 Å². The number of unbranched alkanes of at least 4 members (excludes halogenated alkanes) is 1. The van der Waals surface area contributed by atoms with E-state index >= 15 is 0 Å². The quantitative estimate of drug-likeness (QED) is 0.561. The molecule has 22 heavy (non-hydrogen) atoms. The van der Waals surface area contributed by atoms with E-state index in [9.17, 15) is 5.26 Å². The van der Waals surface area contributed by atoms with Gasteiger partial charge in [0, 0.05) is 12.8 Å². The second-order valence-electron chi connectivity index (χ2n) is 6.80. The zero-order valence-corrected chi connectivity index (χ0v) is 15.5. The van der Waals surface area contributed by atoms with E-state index in [1.807, 2.05) is 12.1 Å². The smallest absolute Gasteiger partial charge is 0.119 e. The van der Waals surface area contributed by atoms with Crippen LogP contribution in [0.5, 0.6) is 5.75 Å². The van der Waals surface area contributed by atoms with E-state index in [0.717, 1.165) is 61.2 Å². The first-order valence-electron chi connectivity index (χ1n) is 7.98. The van der Waals surface area contributed by atoms with Gasteiger partial charge in [0.05, 0.1) is 45.3 Å². The fourth-order valence-electron chi connectivity index (χ4n) is 2.89. The summed E-state index contributed by atoms with van der Waals surface area (Å²) in [5, 5.41) is 9.72. The molecule has 1 aromatic rings. The number of ether oxygens (including phenoxy) is 1. The number of benzene rings is 1. The van der Waals surface area contributed by atoms with Crippen LogP contribution in [0.15, 0.2) is 24.3 Å². The average Bonchev–Trinajstić information content (AvgIpc) is 2.49. The minimum Gasteiger partial charge on any atom is -1.00 e. The monoisotopic (exact) mass is 366 g/mol. The van der Waals surface area contributed by atoms with Crippen LogP contribution in [0.25, 0.3) is 0 Å². The molecule has 0 saturated carbocycles. The number of hydrogen-bond donors (Lipinski definition) is 0. The second kappa shape index (κ2) is 7.99. The molecule has 3 nitrogen and oxygen atoms in total. The van der Waals surface area contributed by atoms with Crippen molar-refractivity contribution >= 4 is 0 Å². The fourth-order valence-corrected chi connectivity index (χ4v) is 2.89. The standard InChI is InChI=1S/C18H27N2O.BrH/c1-4-5-14-21-17-8-6-16(7-9-17)18(15-19)10-12-20(2,3)13-11-18;/h6-9H,4-5,10-14H2,1-3H3;1H/q+1;/p-1. The molecule has 1 aliphatic rings. The lowest BCUT2D eigenvalue weighted by molar-refractivity contribution is -0.896. The Bertz CT molecular complexity index is 495. The SMILES string of the molecule is CCCCOc1ccc(C2(C#N)CC[N+](C)(C)CC2)cc1.[Br-]. The van der Waals surface area contributed by atoms with Crippen LogP contribution < -0.4 is 21.7 Å². The second-order valence-corrected chi connectivity index (χ2v) is 6.80. The zero-order chi connectivity index (χ0) is 15.3. The molecule has 122 valence electrons. The summed E-state index contributed by atoms with van der Waals surface area (Å²) in [5.41, 5.74) is 0.836. The van der Waals surface area contributed by atoms with Crippen molar-refractivity contribution in [1.29, 1.82) is 5.26 Å². The summed E-state index contributed by atoms with van der Waals surface area (Å²) in [7, 11) is 4.48. The van der Waals surface area contributed by atoms with E-state index in [0.29, 0.717) is 0 Å². The molecule has 1 saturated heterocycles. The maximum Gasteiger partial charge on any atom is 0.119 e. The van der Waals surface area contributed by atoms with Crippen LogP contribution in [-0.4, -0.2) is 38.3 Å². The molecule has 0 bridgehead atoms. The van der Waals surface area contributed by atoms with Crippen molar-refractivity contribution in [2.24, 2.45) is 0 Å². The number of nitriles is 1. The summed E-state index contributed by atoms with van der Waals surface area (Å²) in [6.07, 6.45) is 4.10. The molecule has 1 aliphatic heterocycles. The summed E-state index contributed by atoms with van der Waals surface area (Å²) < 4.78 is 6.72. The van der Waals surface area contributed by atoms with Crippen LogP contribution in [0.3, 0.4) is 0 Å². The molecule has 0 spiro atoms. The normalized spacial score (nSPS) is 18.8. The first kappa shape index (κ1) is 19.0. The molecule has 0 amide bonds. The lowest BCUT2D eigenvalue weighted by Crippen LogP contribution is -3.00. The maximum absolute atomic E-state index is 9.72. The van der Waals surface area contributed by atoms with E-state index < -0.39 is 0 Å². The third-order valence-electron chi connectivity index (χ3n) is 4.68. The largest absolute Gasteiger partial charge is 1.00 e. The Morgan fingerprint density at radius 2 is 1.77 bits per heavy atom. The van der Waals surface area contributed by atoms with Gasteiger partial charge >= 0.3 is 0 Å². The Labute approximate surface area is 145 Å². The molecule has 2 rings (SSSR count). The van der Waals surface area contributed by atoms with Crippen molar-refractivity contribution in [3.63, 3.8) is 0 Å². The summed E-state index contributed by atoms with van der Waals surface area (Å²) >= 11 is 0. The number of nitrogens with zero attached hydrogens (tertiary/aromatic N) is 2. The van der Waals surface area contributed by atoms with Crippen molar-refractivity contribution in [2.45, 2.75) is 38.0 Å². The van der Waals surface area contributed by atoms with E-state index in [-0.39, 0.29) is 22.4 Å². The zero-order valence-electron chi connectivity index (χ0n) is 13.9. The molecular weight excluding hydrogens is 340 g/mol. The van der Waals surface area contributed by atoms with E-state index in [1.165, 1.54) is 0 Å². The van der Waals surface area contributed by atoms with Crippen LogP contribution in [0.4, 0.5) is 0 Å². The highest BCUT2D eigenvalue weighted by Crippen LogP contribution is 2.36. The lowest BCUT2D eigenvalue weighted by Gasteiger charge is -2.41. The molecule has 0 unspecified atom stereocenters. The van der Waals surface area contributed by atoms with Gasteiger partial charge in [0.25, 0.3) is 0 Å². The topological polar surface area (TPSA) is 33.0 Å². The van der Waals surface area contributed by atoms with Gasteiger partial charge in [0.15, 0.2) is 0 Å². The van der Waals surface area contributed by atoms with Crippen LogP contribution in [0.1, 0.15) is 38.2 Å². The molecule has 0 aliphatic carbocycles. The Kier molecular flexibility index (Phi) is 6.90. The van der Waals surface area contributed by atoms with E-state index in [1.54, 1.807) is 0 Å². The van der Waals surface area contributed by atoms with Gasteiger partial charge in [-0.15, -0.1) is 0 Å². The van der Waals surface area contributed by atoms with E-state index in [4.69, 9.17) is 4.74 Å². The first-order valence-corrected chi connectivity index (χ1v) is 7.98.